The van der Waals surface area contributed by atoms with Crippen LogP contribution >= 0.6 is 0 Å². The first-order valence-corrected chi connectivity index (χ1v) is 12.8. The van der Waals surface area contributed by atoms with E-state index in [1.807, 2.05) is 103 Å². The minimum atomic E-state index is 0.156. The van der Waals surface area contributed by atoms with Gasteiger partial charge in [-0.1, -0.05) is 48.0 Å². The molecule has 0 bridgehead atoms. The molecule has 0 radical (unpaired) electrons. The van der Waals surface area contributed by atoms with Gasteiger partial charge in [0.05, 0.1) is 0 Å². The van der Waals surface area contributed by atoms with Crippen LogP contribution in [0, 0.1) is 6.92 Å². The molecular weight excluding hydrogens is 474 g/mol. The summed E-state index contributed by atoms with van der Waals surface area (Å²) in [6.45, 7) is 2.79. The van der Waals surface area contributed by atoms with Gasteiger partial charge in [0.25, 0.3) is 0 Å². The van der Waals surface area contributed by atoms with E-state index in [0.29, 0.717) is 25.2 Å². The van der Waals surface area contributed by atoms with Crippen molar-refractivity contribution in [2.24, 2.45) is 0 Å². The number of Topliss-reactive ketones (excluding diaryl/α,β-unsaturated/α-hetero) is 1. The molecule has 2 heterocycles. The van der Waals surface area contributed by atoms with Gasteiger partial charge in [-0.05, 0) is 60.9 Å². The summed E-state index contributed by atoms with van der Waals surface area (Å²) >= 11 is 0. The normalized spacial score (nSPS) is 13.0. The quantitative estimate of drug-likeness (QED) is 0.311. The summed E-state index contributed by atoms with van der Waals surface area (Å²) < 4.78 is 0. The SMILES string of the molecule is Cc1ccc(CC(=O)Cc2ccc(N(C)c3ccnc(Nc4cccc(N5CCCC5=O)c4)n3)cc2)cc1. The monoisotopic (exact) mass is 505 g/mol. The Balaban J connectivity index is 1.22. The number of amides is 1. The Bertz CT molecular complexity index is 1430. The van der Waals surface area contributed by atoms with Gasteiger partial charge >= 0.3 is 0 Å². The summed E-state index contributed by atoms with van der Waals surface area (Å²) in [4.78, 5) is 37.5. The second-order valence-electron chi connectivity index (χ2n) is 9.67. The molecule has 1 aliphatic rings. The van der Waals surface area contributed by atoms with Gasteiger partial charge in [0.1, 0.15) is 11.6 Å². The number of carbonyl (C=O) groups excluding carboxylic acids is 2. The molecule has 0 saturated carbocycles. The van der Waals surface area contributed by atoms with Crippen LogP contribution < -0.4 is 15.1 Å². The lowest BCUT2D eigenvalue weighted by molar-refractivity contribution is -0.118. The fourth-order valence-electron chi connectivity index (χ4n) is 4.59. The van der Waals surface area contributed by atoms with Crippen LogP contribution in [-0.4, -0.2) is 35.3 Å². The second kappa shape index (κ2) is 11.3. The van der Waals surface area contributed by atoms with Crippen molar-refractivity contribution in [3.8, 4) is 0 Å². The van der Waals surface area contributed by atoms with Crippen molar-refractivity contribution in [2.45, 2.75) is 32.6 Å². The van der Waals surface area contributed by atoms with Gasteiger partial charge in [-0.15, -0.1) is 0 Å². The fourth-order valence-corrected chi connectivity index (χ4v) is 4.59. The number of aryl methyl sites for hydroxylation is 1. The van der Waals surface area contributed by atoms with Crippen molar-refractivity contribution in [3.05, 3.63) is 102 Å². The largest absolute Gasteiger partial charge is 0.329 e. The average molecular weight is 506 g/mol. The van der Waals surface area contributed by atoms with Gasteiger partial charge in [0, 0.05) is 56.1 Å². The number of hydrogen-bond acceptors (Lipinski definition) is 6. The molecule has 38 heavy (non-hydrogen) atoms. The van der Waals surface area contributed by atoms with E-state index in [1.54, 1.807) is 6.20 Å². The lowest BCUT2D eigenvalue weighted by Crippen LogP contribution is -2.23. The molecule has 1 aromatic heterocycles. The summed E-state index contributed by atoms with van der Waals surface area (Å²) in [5.74, 6) is 1.55. The highest BCUT2D eigenvalue weighted by atomic mass is 16.2. The minimum Gasteiger partial charge on any atom is -0.329 e. The van der Waals surface area contributed by atoms with E-state index in [4.69, 9.17) is 0 Å². The van der Waals surface area contributed by atoms with E-state index < -0.39 is 0 Å². The molecule has 1 fully saturated rings. The van der Waals surface area contributed by atoms with Crippen LogP contribution in [0.5, 0.6) is 0 Å². The number of benzene rings is 3. The molecule has 4 aromatic rings. The Morgan fingerprint density at radius 3 is 2.37 bits per heavy atom. The van der Waals surface area contributed by atoms with Crippen molar-refractivity contribution in [1.82, 2.24) is 9.97 Å². The summed E-state index contributed by atoms with van der Waals surface area (Å²) in [6.07, 6.45) is 4.04. The van der Waals surface area contributed by atoms with Gasteiger partial charge in [0.2, 0.25) is 11.9 Å². The highest BCUT2D eigenvalue weighted by Crippen LogP contribution is 2.27. The molecule has 1 saturated heterocycles. The third kappa shape index (κ3) is 6.06. The van der Waals surface area contributed by atoms with Crippen molar-refractivity contribution in [1.29, 1.82) is 0 Å². The maximum Gasteiger partial charge on any atom is 0.229 e. The number of anilines is 5. The van der Waals surface area contributed by atoms with Crippen molar-refractivity contribution < 1.29 is 9.59 Å². The number of nitrogens with one attached hydrogen (secondary N) is 1. The van der Waals surface area contributed by atoms with Crippen LogP contribution in [0.1, 0.15) is 29.5 Å². The maximum absolute atomic E-state index is 12.6. The van der Waals surface area contributed by atoms with Gasteiger partial charge in [-0.2, -0.15) is 4.98 Å². The predicted octanol–water partition coefficient (Wildman–Crippen LogP) is 5.78. The first-order valence-electron chi connectivity index (χ1n) is 12.8. The molecule has 0 unspecified atom stereocenters. The highest BCUT2D eigenvalue weighted by Gasteiger charge is 2.21. The van der Waals surface area contributed by atoms with E-state index in [0.717, 1.165) is 47.0 Å². The molecule has 0 spiro atoms. The third-order valence-corrected chi connectivity index (χ3v) is 6.72. The molecule has 3 aromatic carbocycles. The molecule has 7 heteroatoms. The molecule has 192 valence electrons. The summed E-state index contributed by atoms with van der Waals surface area (Å²) in [5.41, 5.74) is 5.88. The van der Waals surface area contributed by atoms with Gasteiger partial charge in [-0.3, -0.25) is 9.59 Å². The molecule has 7 nitrogen and oxygen atoms in total. The smallest absolute Gasteiger partial charge is 0.229 e. The van der Waals surface area contributed by atoms with Crippen LogP contribution in [0.25, 0.3) is 0 Å². The van der Waals surface area contributed by atoms with Crippen molar-refractivity contribution in [3.63, 3.8) is 0 Å². The Hall–Kier alpha value is -4.52. The number of ketones is 1. The highest BCUT2D eigenvalue weighted by molar-refractivity contribution is 5.95. The number of aromatic nitrogens is 2. The Kier molecular flexibility index (Phi) is 7.45. The van der Waals surface area contributed by atoms with Crippen LogP contribution in [0.2, 0.25) is 0 Å². The molecular formula is C31H31N5O2. The second-order valence-corrected chi connectivity index (χ2v) is 9.67. The van der Waals surface area contributed by atoms with E-state index in [1.165, 1.54) is 5.56 Å². The summed E-state index contributed by atoms with van der Waals surface area (Å²) in [6, 6.07) is 25.7. The molecule has 0 atom stereocenters. The first kappa shape index (κ1) is 25.1. The Morgan fingerprint density at radius 1 is 0.974 bits per heavy atom. The zero-order chi connectivity index (χ0) is 26.5. The zero-order valence-electron chi connectivity index (χ0n) is 21.7. The molecule has 1 N–H and O–H groups in total. The van der Waals surface area contributed by atoms with Crippen molar-refractivity contribution in [2.75, 3.05) is 28.7 Å². The third-order valence-electron chi connectivity index (χ3n) is 6.72. The van der Waals surface area contributed by atoms with Gasteiger partial charge < -0.3 is 15.1 Å². The van der Waals surface area contributed by atoms with Crippen molar-refractivity contribution >= 4 is 40.5 Å². The predicted molar refractivity (Wildman–Crippen MR) is 151 cm³/mol. The van der Waals surface area contributed by atoms with Crippen LogP contribution in [-0.2, 0) is 22.4 Å². The molecule has 1 aliphatic heterocycles. The summed E-state index contributed by atoms with van der Waals surface area (Å²) in [7, 11) is 1.95. The lowest BCUT2D eigenvalue weighted by atomic mass is 10.0. The lowest BCUT2D eigenvalue weighted by Gasteiger charge is -2.19. The standard InChI is InChI=1S/C31H31N5O2/c1-22-8-10-23(11-9-22)19-28(37)20-24-12-14-26(15-13-24)35(2)29-16-17-32-31(34-29)33-25-5-3-6-27(21-25)36-18-4-7-30(36)38/h3,5-6,8-17,21H,4,7,18-20H2,1-2H3,(H,32,33,34). The minimum absolute atomic E-state index is 0.156. The Labute approximate surface area is 223 Å². The van der Waals surface area contributed by atoms with Gasteiger partial charge in [0.15, 0.2) is 0 Å². The van der Waals surface area contributed by atoms with E-state index in [2.05, 4.69) is 15.3 Å². The Morgan fingerprint density at radius 2 is 1.68 bits per heavy atom. The zero-order valence-corrected chi connectivity index (χ0v) is 21.7. The summed E-state index contributed by atoms with van der Waals surface area (Å²) in [5, 5.41) is 3.26. The maximum atomic E-state index is 12.6. The van der Waals surface area contributed by atoms with Crippen LogP contribution in [0.15, 0.2) is 85.1 Å². The number of carbonyl (C=O) groups is 2. The van der Waals surface area contributed by atoms with E-state index >= 15 is 0 Å². The number of nitrogens with zero attached hydrogens (tertiary/aromatic N) is 4. The number of rotatable bonds is 9. The topological polar surface area (TPSA) is 78.4 Å². The molecule has 5 rings (SSSR count). The van der Waals surface area contributed by atoms with E-state index in [9.17, 15) is 9.59 Å². The van der Waals surface area contributed by atoms with Crippen LogP contribution in [0.3, 0.4) is 0 Å². The average Bonchev–Trinajstić information content (AvgIpc) is 3.36. The number of hydrogen-bond donors (Lipinski definition) is 1. The molecule has 0 aliphatic carbocycles. The fraction of sp³-hybridized carbons (Fsp3) is 0.226. The first-order chi connectivity index (χ1) is 18.4. The van der Waals surface area contributed by atoms with E-state index in [-0.39, 0.29) is 11.7 Å². The van der Waals surface area contributed by atoms with Gasteiger partial charge in [-0.25, -0.2) is 4.98 Å². The molecule has 1 amide bonds. The van der Waals surface area contributed by atoms with Crippen LogP contribution in [0.4, 0.5) is 28.8 Å².